The maximum absolute atomic E-state index is 5.52. The second kappa shape index (κ2) is 7.44. The van der Waals surface area contributed by atoms with E-state index in [-0.39, 0.29) is 0 Å². The second-order valence-corrected chi connectivity index (χ2v) is 7.86. The summed E-state index contributed by atoms with van der Waals surface area (Å²) in [5.74, 6) is 1.56. The van der Waals surface area contributed by atoms with Crippen LogP contribution < -0.4 is 30.3 Å². The highest BCUT2D eigenvalue weighted by Crippen LogP contribution is 2.28. The highest BCUT2D eigenvalue weighted by molar-refractivity contribution is 5.87. The molecule has 2 heteroatoms. The van der Waals surface area contributed by atoms with E-state index in [0.29, 0.717) is 0 Å². The first-order valence-electron chi connectivity index (χ1n) is 10.4. The average Bonchev–Trinajstić information content (AvgIpc) is 2.79. The van der Waals surface area contributed by atoms with Crippen molar-refractivity contribution >= 4 is 35.1 Å². The molecule has 0 fully saturated rings. The third-order valence-electron chi connectivity index (χ3n) is 6.15. The van der Waals surface area contributed by atoms with Gasteiger partial charge in [-0.1, -0.05) is 42.5 Å². The van der Waals surface area contributed by atoms with Gasteiger partial charge in [0.25, 0.3) is 0 Å². The van der Waals surface area contributed by atoms with Crippen LogP contribution in [0.1, 0.15) is 36.8 Å². The van der Waals surface area contributed by atoms with Crippen molar-refractivity contribution < 1.29 is 9.47 Å². The quantitative estimate of drug-likeness (QED) is 0.690. The maximum Gasteiger partial charge on any atom is 0.160 e. The van der Waals surface area contributed by atoms with Crippen molar-refractivity contribution in [2.24, 2.45) is 0 Å². The standard InChI is InChI=1S/C27H26O2/c1-28-26-14-11-18(16-27(26)29-2)15-20-17-25-21-8-4-3-7-19(21)12-13-24(25)23-10-6-5-9-22(20)23/h7-14,16-17H,3-6,15H2,1-2H3. The molecule has 3 aromatic rings. The molecule has 0 saturated heterocycles. The molecule has 0 atom stereocenters. The molecular formula is C27H26O2. The van der Waals surface area contributed by atoms with E-state index in [2.05, 4.69) is 54.6 Å². The molecule has 0 aromatic heterocycles. The summed E-state index contributed by atoms with van der Waals surface area (Å²) in [6.07, 6.45) is 15.0. The van der Waals surface area contributed by atoms with Crippen molar-refractivity contribution in [3.63, 3.8) is 0 Å². The van der Waals surface area contributed by atoms with Crippen molar-refractivity contribution in [3.05, 3.63) is 68.4 Å². The lowest BCUT2D eigenvalue weighted by Gasteiger charge is -2.14. The number of benzene rings is 3. The molecule has 3 aromatic carbocycles. The lowest BCUT2D eigenvalue weighted by Crippen LogP contribution is -2.35. The molecule has 0 radical (unpaired) electrons. The average molecular weight is 383 g/mol. The van der Waals surface area contributed by atoms with Gasteiger partial charge in [-0.3, -0.25) is 0 Å². The Morgan fingerprint density at radius 3 is 2.17 bits per heavy atom. The molecule has 0 N–H and O–H groups in total. The number of rotatable bonds is 4. The van der Waals surface area contributed by atoms with Crippen LogP contribution in [0.3, 0.4) is 0 Å². The summed E-state index contributed by atoms with van der Waals surface area (Å²) in [7, 11) is 3.37. The molecule has 5 rings (SSSR count). The van der Waals surface area contributed by atoms with Crippen LogP contribution >= 0.6 is 0 Å². The van der Waals surface area contributed by atoms with E-state index in [1.807, 2.05) is 6.07 Å². The van der Waals surface area contributed by atoms with Crippen LogP contribution in [0.25, 0.3) is 35.1 Å². The Kier molecular flexibility index (Phi) is 4.63. The van der Waals surface area contributed by atoms with Crippen LogP contribution in [0.2, 0.25) is 0 Å². The fourth-order valence-corrected chi connectivity index (χ4v) is 4.76. The zero-order chi connectivity index (χ0) is 19.8. The molecule has 0 heterocycles. The van der Waals surface area contributed by atoms with Gasteiger partial charge in [0.15, 0.2) is 11.5 Å². The van der Waals surface area contributed by atoms with E-state index < -0.39 is 0 Å². The molecule has 0 aliphatic heterocycles. The van der Waals surface area contributed by atoms with Crippen molar-refractivity contribution in [1.82, 2.24) is 0 Å². The fourth-order valence-electron chi connectivity index (χ4n) is 4.76. The van der Waals surface area contributed by atoms with Crippen LogP contribution in [-0.4, -0.2) is 14.2 Å². The predicted octanol–water partition coefficient (Wildman–Crippen LogP) is 3.16. The Balaban J connectivity index is 1.75. The molecule has 0 saturated carbocycles. The van der Waals surface area contributed by atoms with Crippen LogP contribution in [0.4, 0.5) is 0 Å². The molecule has 2 aliphatic rings. The highest BCUT2D eigenvalue weighted by atomic mass is 16.5. The molecule has 29 heavy (non-hydrogen) atoms. The Labute approximate surface area is 171 Å². The van der Waals surface area contributed by atoms with Crippen molar-refractivity contribution in [2.45, 2.75) is 32.1 Å². The van der Waals surface area contributed by atoms with E-state index in [1.165, 1.54) is 42.8 Å². The Morgan fingerprint density at radius 2 is 1.38 bits per heavy atom. The molecule has 0 bridgehead atoms. The number of hydrogen-bond donors (Lipinski definition) is 0. The molecule has 146 valence electrons. The van der Waals surface area contributed by atoms with Gasteiger partial charge in [-0.15, -0.1) is 0 Å². The molecule has 2 nitrogen and oxygen atoms in total. The molecule has 0 unspecified atom stereocenters. The molecule has 0 amide bonds. The van der Waals surface area contributed by atoms with Crippen molar-refractivity contribution in [2.75, 3.05) is 14.2 Å². The summed E-state index contributed by atoms with van der Waals surface area (Å²) >= 11 is 0. The molecular weight excluding hydrogens is 356 g/mol. The normalized spacial score (nSPS) is 14.6. The van der Waals surface area contributed by atoms with E-state index in [0.717, 1.165) is 43.6 Å². The maximum atomic E-state index is 5.52. The van der Waals surface area contributed by atoms with Crippen LogP contribution in [0.5, 0.6) is 11.5 Å². The molecule has 0 spiro atoms. The van der Waals surface area contributed by atoms with Gasteiger partial charge in [0, 0.05) is 0 Å². The van der Waals surface area contributed by atoms with Crippen molar-refractivity contribution in [3.8, 4) is 11.5 Å². The number of hydrogen-bond acceptors (Lipinski definition) is 2. The smallest absolute Gasteiger partial charge is 0.160 e. The summed E-state index contributed by atoms with van der Waals surface area (Å²) in [6, 6.07) is 13.3. The van der Waals surface area contributed by atoms with Gasteiger partial charge in [0.2, 0.25) is 0 Å². The number of ether oxygens (including phenoxy) is 2. The summed E-state index contributed by atoms with van der Waals surface area (Å²) in [4.78, 5) is 0. The van der Waals surface area contributed by atoms with Gasteiger partial charge in [-0.05, 0) is 93.1 Å². The first kappa shape index (κ1) is 18.1. The van der Waals surface area contributed by atoms with Gasteiger partial charge >= 0.3 is 0 Å². The van der Waals surface area contributed by atoms with Gasteiger partial charge in [0.05, 0.1) is 14.2 Å². The minimum atomic E-state index is 0.774. The monoisotopic (exact) mass is 382 g/mol. The minimum Gasteiger partial charge on any atom is -0.493 e. The third-order valence-corrected chi connectivity index (χ3v) is 6.15. The van der Waals surface area contributed by atoms with Crippen LogP contribution in [0.15, 0.2) is 36.4 Å². The zero-order valence-electron chi connectivity index (χ0n) is 17.1. The fraction of sp³-hybridized carbons (Fsp3) is 0.259. The predicted molar refractivity (Wildman–Crippen MR) is 121 cm³/mol. The summed E-state index contributed by atoms with van der Waals surface area (Å²) < 4.78 is 10.9. The minimum absolute atomic E-state index is 0.774. The SMILES string of the molecule is COc1ccc(Cc2cc3c4c(ccc3c3c2=CCCC=3)=CCCC=4)cc1OC. The van der Waals surface area contributed by atoms with E-state index in [4.69, 9.17) is 9.47 Å². The topological polar surface area (TPSA) is 18.5 Å². The Bertz CT molecular complexity index is 1350. The van der Waals surface area contributed by atoms with E-state index >= 15 is 0 Å². The second-order valence-electron chi connectivity index (χ2n) is 7.86. The van der Waals surface area contributed by atoms with Crippen LogP contribution in [-0.2, 0) is 6.42 Å². The lowest BCUT2D eigenvalue weighted by molar-refractivity contribution is 0.354. The van der Waals surface area contributed by atoms with Crippen molar-refractivity contribution in [1.29, 1.82) is 0 Å². The molecule has 2 aliphatic carbocycles. The van der Waals surface area contributed by atoms with Gasteiger partial charge in [0.1, 0.15) is 0 Å². The summed E-state index contributed by atoms with van der Waals surface area (Å²) in [6.45, 7) is 0. The van der Waals surface area contributed by atoms with E-state index in [1.54, 1.807) is 14.2 Å². The zero-order valence-corrected chi connectivity index (χ0v) is 17.1. The van der Waals surface area contributed by atoms with Gasteiger partial charge in [-0.2, -0.15) is 0 Å². The Hall–Kier alpha value is -3.00. The largest absolute Gasteiger partial charge is 0.493 e. The Morgan fingerprint density at radius 1 is 0.655 bits per heavy atom. The number of fused-ring (bicyclic) bond motifs is 5. The van der Waals surface area contributed by atoms with Crippen LogP contribution in [0, 0.1) is 0 Å². The van der Waals surface area contributed by atoms with Gasteiger partial charge < -0.3 is 9.47 Å². The van der Waals surface area contributed by atoms with E-state index in [9.17, 15) is 0 Å². The number of methoxy groups -OCH3 is 2. The third kappa shape index (κ3) is 3.13. The first-order valence-corrected chi connectivity index (χ1v) is 10.4. The first-order chi connectivity index (χ1) is 14.3. The summed E-state index contributed by atoms with van der Waals surface area (Å²) in [5.41, 5.74) is 2.63. The highest BCUT2D eigenvalue weighted by Gasteiger charge is 2.11. The van der Waals surface area contributed by atoms with Gasteiger partial charge in [-0.25, -0.2) is 0 Å². The lowest BCUT2D eigenvalue weighted by atomic mass is 9.91. The summed E-state index contributed by atoms with van der Waals surface area (Å²) in [5, 5.41) is 8.37.